The van der Waals surface area contributed by atoms with Crippen molar-refractivity contribution < 1.29 is 19.8 Å². The smallest absolute Gasteiger partial charge is 0.310 e. The first kappa shape index (κ1) is 34.6. The van der Waals surface area contributed by atoms with Crippen LogP contribution in [0.1, 0.15) is 162 Å². The summed E-state index contributed by atoms with van der Waals surface area (Å²) < 4.78 is 0. The van der Waals surface area contributed by atoms with E-state index in [1.54, 1.807) is 0 Å². The zero-order valence-corrected chi connectivity index (χ0v) is 26.1. The topological polar surface area (TPSA) is 74.6 Å². The Kier molecular flexibility index (Phi) is 18.3. The lowest BCUT2D eigenvalue weighted by Gasteiger charge is -2.40. The van der Waals surface area contributed by atoms with Crippen LogP contribution in [0.3, 0.4) is 0 Å². The van der Waals surface area contributed by atoms with Crippen molar-refractivity contribution in [3.8, 4) is 0 Å². The Labute approximate surface area is 246 Å². The molecule has 2 rings (SSSR count). The fourth-order valence-corrected chi connectivity index (χ4v) is 7.33. The maximum atomic E-state index is 12.4. The first-order valence-corrected chi connectivity index (χ1v) is 17.3. The van der Waals surface area contributed by atoms with Crippen molar-refractivity contribution in [2.75, 3.05) is 0 Å². The van der Waals surface area contributed by atoms with Gasteiger partial charge in [-0.3, -0.25) is 9.59 Å². The maximum Gasteiger partial charge on any atom is 0.310 e. The lowest BCUT2D eigenvalue weighted by molar-refractivity contribution is -0.141. The molecule has 0 saturated heterocycles. The standard InChI is InChI=1S/C36H62O4/c1-3-5-7-14-20-29-26-27-30(21-15-10-9-11-19-25-35(37)38)34(32(29)23-17-8-6-4-2)28-31-22-16-12-13-18-24-33(31)36(39)40/h26-30,32-34H,3-25H2,1-2H3,(H,37,38)(H,39,40)/b31-28-/t29?,30-,32?,33?,34?/m1/s1. The Morgan fingerprint density at radius 1 is 0.725 bits per heavy atom. The van der Waals surface area contributed by atoms with E-state index in [9.17, 15) is 14.7 Å². The van der Waals surface area contributed by atoms with Crippen LogP contribution in [0.5, 0.6) is 0 Å². The van der Waals surface area contributed by atoms with Crippen LogP contribution in [0, 0.1) is 29.6 Å². The summed E-state index contributed by atoms with van der Waals surface area (Å²) in [4.78, 5) is 23.2. The first-order valence-electron chi connectivity index (χ1n) is 17.3. The molecule has 0 spiro atoms. The number of carboxylic acids is 2. The number of carbonyl (C=O) groups is 2. The minimum atomic E-state index is -0.689. The Balaban J connectivity index is 2.24. The summed E-state index contributed by atoms with van der Waals surface area (Å²) in [6.07, 6.45) is 33.5. The molecule has 0 aromatic rings. The van der Waals surface area contributed by atoms with Crippen molar-refractivity contribution in [1.82, 2.24) is 0 Å². The normalized spacial score (nSPS) is 26.4. The SMILES string of the molecule is CCCCCCC1C=C[C@@H](CCCCCCCC(=O)O)C(/C=C2/CCCCCCC2C(=O)O)C1CCCCCC. The van der Waals surface area contributed by atoms with Crippen LogP contribution in [0.15, 0.2) is 23.8 Å². The first-order chi connectivity index (χ1) is 19.5. The van der Waals surface area contributed by atoms with Gasteiger partial charge in [0.15, 0.2) is 0 Å². The second kappa shape index (κ2) is 21.2. The van der Waals surface area contributed by atoms with E-state index >= 15 is 0 Å². The molecule has 2 aliphatic rings. The quantitative estimate of drug-likeness (QED) is 0.115. The summed E-state index contributed by atoms with van der Waals surface area (Å²) in [6, 6.07) is 0. The average Bonchev–Trinajstić information content (AvgIpc) is 2.91. The van der Waals surface area contributed by atoms with Crippen LogP contribution in [-0.4, -0.2) is 22.2 Å². The lowest BCUT2D eigenvalue weighted by atomic mass is 9.65. The molecule has 1 fully saturated rings. The number of allylic oxidation sites excluding steroid dienone is 3. The zero-order chi connectivity index (χ0) is 29.0. The Hall–Kier alpha value is -1.58. The number of carboxylic acid groups (broad SMARTS) is 2. The summed E-state index contributed by atoms with van der Waals surface area (Å²) in [5.41, 5.74) is 1.23. The summed E-state index contributed by atoms with van der Waals surface area (Å²) in [7, 11) is 0. The van der Waals surface area contributed by atoms with Gasteiger partial charge in [0.2, 0.25) is 0 Å². The third-order valence-corrected chi connectivity index (χ3v) is 9.71. The minimum absolute atomic E-state index is 0.283. The van der Waals surface area contributed by atoms with E-state index in [-0.39, 0.29) is 12.3 Å². The highest BCUT2D eigenvalue weighted by Crippen LogP contribution is 2.44. The van der Waals surface area contributed by atoms with E-state index in [0.717, 1.165) is 64.2 Å². The zero-order valence-electron chi connectivity index (χ0n) is 26.1. The molecular weight excluding hydrogens is 496 g/mol. The molecule has 2 aliphatic carbocycles. The summed E-state index contributed by atoms with van der Waals surface area (Å²) in [5.74, 6) is 0.575. The number of rotatable bonds is 20. The van der Waals surface area contributed by atoms with Crippen LogP contribution in [0.25, 0.3) is 0 Å². The number of hydrogen-bond donors (Lipinski definition) is 2. The van der Waals surface area contributed by atoms with Crippen LogP contribution >= 0.6 is 0 Å². The van der Waals surface area contributed by atoms with Crippen molar-refractivity contribution in [3.63, 3.8) is 0 Å². The second-order valence-corrected chi connectivity index (χ2v) is 12.9. The minimum Gasteiger partial charge on any atom is -0.481 e. The fraction of sp³-hybridized carbons (Fsp3) is 0.833. The molecule has 0 heterocycles. The molecule has 4 heteroatoms. The molecule has 5 atom stereocenters. The van der Waals surface area contributed by atoms with Gasteiger partial charge in [0.1, 0.15) is 0 Å². The largest absolute Gasteiger partial charge is 0.481 e. The van der Waals surface area contributed by atoms with Gasteiger partial charge in [0, 0.05) is 6.42 Å². The predicted molar refractivity (Wildman–Crippen MR) is 167 cm³/mol. The lowest BCUT2D eigenvalue weighted by Crippen LogP contribution is -2.32. The highest BCUT2D eigenvalue weighted by molar-refractivity contribution is 5.73. The van der Waals surface area contributed by atoms with Crippen molar-refractivity contribution in [2.24, 2.45) is 29.6 Å². The molecule has 40 heavy (non-hydrogen) atoms. The van der Waals surface area contributed by atoms with Crippen molar-refractivity contribution >= 4 is 11.9 Å². The molecule has 0 aliphatic heterocycles. The number of aliphatic carboxylic acids is 2. The van der Waals surface area contributed by atoms with Crippen LogP contribution in [-0.2, 0) is 9.59 Å². The van der Waals surface area contributed by atoms with Gasteiger partial charge < -0.3 is 10.2 Å². The van der Waals surface area contributed by atoms with E-state index in [1.165, 1.54) is 82.6 Å². The van der Waals surface area contributed by atoms with E-state index in [4.69, 9.17) is 5.11 Å². The number of hydrogen-bond acceptors (Lipinski definition) is 2. The van der Waals surface area contributed by atoms with Gasteiger partial charge in [-0.15, -0.1) is 0 Å². The molecule has 4 nitrogen and oxygen atoms in total. The molecule has 0 aromatic carbocycles. The molecule has 2 N–H and O–H groups in total. The summed E-state index contributed by atoms with van der Waals surface area (Å²) in [6.45, 7) is 4.56. The molecule has 0 aromatic heterocycles. The van der Waals surface area contributed by atoms with Gasteiger partial charge in [-0.25, -0.2) is 0 Å². The van der Waals surface area contributed by atoms with Gasteiger partial charge in [0.25, 0.3) is 0 Å². The van der Waals surface area contributed by atoms with E-state index in [2.05, 4.69) is 32.1 Å². The molecule has 0 radical (unpaired) electrons. The van der Waals surface area contributed by atoms with Crippen LogP contribution < -0.4 is 0 Å². The van der Waals surface area contributed by atoms with Gasteiger partial charge in [-0.05, 0) is 68.6 Å². The molecule has 230 valence electrons. The average molecular weight is 559 g/mol. The Morgan fingerprint density at radius 3 is 1.98 bits per heavy atom. The van der Waals surface area contributed by atoms with E-state index in [1.807, 2.05) is 0 Å². The summed E-state index contributed by atoms with van der Waals surface area (Å²) >= 11 is 0. The molecule has 0 amide bonds. The van der Waals surface area contributed by atoms with Crippen molar-refractivity contribution in [1.29, 1.82) is 0 Å². The van der Waals surface area contributed by atoms with Crippen LogP contribution in [0.4, 0.5) is 0 Å². The predicted octanol–water partition coefficient (Wildman–Crippen LogP) is 10.8. The van der Waals surface area contributed by atoms with E-state index < -0.39 is 11.9 Å². The van der Waals surface area contributed by atoms with Crippen LogP contribution in [0.2, 0.25) is 0 Å². The fourth-order valence-electron chi connectivity index (χ4n) is 7.33. The van der Waals surface area contributed by atoms with Gasteiger partial charge in [-0.1, -0.05) is 134 Å². The monoisotopic (exact) mass is 558 g/mol. The molecule has 1 saturated carbocycles. The second-order valence-electron chi connectivity index (χ2n) is 12.9. The van der Waals surface area contributed by atoms with Crippen molar-refractivity contribution in [3.05, 3.63) is 23.8 Å². The third kappa shape index (κ3) is 13.4. The maximum absolute atomic E-state index is 12.4. The highest BCUT2D eigenvalue weighted by atomic mass is 16.4. The Morgan fingerprint density at radius 2 is 1.30 bits per heavy atom. The molecular formula is C36H62O4. The molecule has 4 unspecified atom stereocenters. The highest BCUT2D eigenvalue weighted by Gasteiger charge is 2.35. The molecule has 0 bridgehead atoms. The van der Waals surface area contributed by atoms with Gasteiger partial charge in [0.05, 0.1) is 5.92 Å². The van der Waals surface area contributed by atoms with E-state index in [0.29, 0.717) is 23.7 Å². The third-order valence-electron chi connectivity index (χ3n) is 9.71. The summed E-state index contributed by atoms with van der Waals surface area (Å²) in [5, 5.41) is 19.1. The Bertz CT molecular complexity index is 754. The van der Waals surface area contributed by atoms with Crippen molar-refractivity contribution in [2.45, 2.75) is 162 Å². The number of unbranched alkanes of at least 4 members (excludes halogenated alkanes) is 10. The van der Waals surface area contributed by atoms with Gasteiger partial charge in [-0.2, -0.15) is 0 Å². The van der Waals surface area contributed by atoms with Gasteiger partial charge >= 0.3 is 11.9 Å².